The highest BCUT2D eigenvalue weighted by molar-refractivity contribution is 5.31. The summed E-state index contributed by atoms with van der Waals surface area (Å²) < 4.78 is 36.3. The molecule has 0 fully saturated rings. The van der Waals surface area contributed by atoms with Gasteiger partial charge in [-0.15, -0.1) is 0 Å². The zero-order valence-corrected chi connectivity index (χ0v) is 8.04. The molecule has 1 rings (SSSR count). The van der Waals surface area contributed by atoms with E-state index in [1.54, 1.807) is 6.92 Å². The van der Waals surface area contributed by atoms with Gasteiger partial charge in [0, 0.05) is 12.6 Å². The number of anilines is 1. The summed E-state index contributed by atoms with van der Waals surface area (Å²) >= 11 is 0. The molecule has 1 atom stereocenters. The lowest BCUT2D eigenvalue weighted by atomic mass is 10.3. The maximum atomic E-state index is 12.1. The zero-order valence-electron chi connectivity index (χ0n) is 8.04. The van der Waals surface area contributed by atoms with Crippen LogP contribution in [0.3, 0.4) is 0 Å². The van der Waals surface area contributed by atoms with Gasteiger partial charge >= 0.3 is 6.18 Å². The van der Waals surface area contributed by atoms with Crippen LogP contribution in [-0.2, 0) is 6.18 Å². The molecule has 0 aromatic carbocycles. The van der Waals surface area contributed by atoms with Gasteiger partial charge in [-0.3, -0.25) is 0 Å². The molecule has 0 spiro atoms. The molecule has 0 saturated heterocycles. The second-order valence-electron chi connectivity index (χ2n) is 3.14. The molecular formula is C8H11F3N4. The van der Waals surface area contributed by atoms with Gasteiger partial charge in [0.15, 0.2) is 5.69 Å². The highest BCUT2D eigenvalue weighted by Crippen LogP contribution is 2.26. The first-order valence-corrected chi connectivity index (χ1v) is 4.28. The number of nitrogens with two attached hydrogens (primary N) is 1. The van der Waals surface area contributed by atoms with Crippen molar-refractivity contribution in [1.82, 2.24) is 9.97 Å². The fourth-order valence-electron chi connectivity index (χ4n) is 0.831. The van der Waals surface area contributed by atoms with Crippen LogP contribution in [0.5, 0.6) is 0 Å². The monoisotopic (exact) mass is 220 g/mol. The van der Waals surface area contributed by atoms with E-state index >= 15 is 0 Å². The summed E-state index contributed by atoms with van der Waals surface area (Å²) in [4.78, 5) is 6.81. The summed E-state index contributed by atoms with van der Waals surface area (Å²) in [6.07, 6.45) is -2.73. The van der Waals surface area contributed by atoms with Crippen molar-refractivity contribution in [3.05, 3.63) is 18.1 Å². The molecule has 0 bridgehead atoms. The molecule has 1 heterocycles. The van der Waals surface area contributed by atoms with E-state index in [2.05, 4.69) is 15.3 Å². The Bertz CT molecular complexity index is 307. The number of aromatic nitrogens is 2. The average Bonchev–Trinajstić information content (AvgIpc) is 2.14. The third-order valence-corrected chi connectivity index (χ3v) is 1.55. The van der Waals surface area contributed by atoms with Gasteiger partial charge in [-0.1, -0.05) is 0 Å². The van der Waals surface area contributed by atoms with Crippen LogP contribution in [0.1, 0.15) is 12.6 Å². The van der Waals surface area contributed by atoms with Gasteiger partial charge in [0.05, 0.1) is 12.4 Å². The minimum absolute atomic E-state index is 0.103. The van der Waals surface area contributed by atoms with Gasteiger partial charge in [0.1, 0.15) is 5.82 Å². The fourth-order valence-corrected chi connectivity index (χ4v) is 0.831. The maximum absolute atomic E-state index is 12.1. The molecule has 3 N–H and O–H groups in total. The molecule has 1 aromatic rings. The molecule has 1 aromatic heterocycles. The number of alkyl halides is 3. The Morgan fingerprint density at radius 1 is 1.40 bits per heavy atom. The SMILES string of the molecule is CC(N)CNc1cnc(C(F)(F)F)cn1. The largest absolute Gasteiger partial charge is 0.434 e. The lowest BCUT2D eigenvalue weighted by Crippen LogP contribution is -2.25. The fraction of sp³-hybridized carbons (Fsp3) is 0.500. The van der Waals surface area contributed by atoms with E-state index in [0.717, 1.165) is 6.20 Å². The number of nitrogens with one attached hydrogen (secondary N) is 1. The summed E-state index contributed by atoms with van der Waals surface area (Å²) in [6, 6.07) is -0.103. The molecular weight excluding hydrogens is 209 g/mol. The molecule has 0 radical (unpaired) electrons. The van der Waals surface area contributed by atoms with Crippen molar-refractivity contribution in [2.45, 2.75) is 19.1 Å². The maximum Gasteiger partial charge on any atom is 0.434 e. The minimum Gasteiger partial charge on any atom is -0.367 e. The number of nitrogens with zero attached hydrogens (tertiary/aromatic N) is 2. The number of rotatable bonds is 3. The van der Waals surface area contributed by atoms with Crippen molar-refractivity contribution in [3.63, 3.8) is 0 Å². The Balaban J connectivity index is 2.65. The van der Waals surface area contributed by atoms with Gasteiger partial charge in [0.25, 0.3) is 0 Å². The molecule has 84 valence electrons. The van der Waals surface area contributed by atoms with Crippen molar-refractivity contribution in [2.24, 2.45) is 5.73 Å². The van der Waals surface area contributed by atoms with E-state index < -0.39 is 11.9 Å². The molecule has 0 aliphatic rings. The molecule has 0 saturated carbocycles. The highest BCUT2D eigenvalue weighted by atomic mass is 19.4. The first-order valence-electron chi connectivity index (χ1n) is 4.28. The quantitative estimate of drug-likeness (QED) is 0.804. The summed E-state index contributed by atoms with van der Waals surface area (Å²) in [5, 5.41) is 2.76. The van der Waals surface area contributed by atoms with E-state index in [-0.39, 0.29) is 11.9 Å². The second kappa shape index (κ2) is 4.43. The van der Waals surface area contributed by atoms with Crippen molar-refractivity contribution in [1.29, 1.82) is 0 Å². The third kappa shape index (κ3) is 3.70. The van der Waals surface area contributed by atoms with Crippen molar-refractivity contribution in [2.75, 3.05) is 11.9 Å². The van der Waals surface area contributed by atoms with Gasteiger partial charge in [0.2, 0.25) is 0 Å². The minimum atomic E-state index is -4.45. The molecule has 1 unspecified atom stereocenters. The topological polar surface area (TPSA) is 63.8 Å². The van der Waals surface area contributed by atoms with Gasteiger partial charge in [-0.25, -0.2) is 9.97 Å². The zero-order chi connectivity index (χ0) is 11.5. The molecule has 0 aliphatic carbocycles. The van der Waals surface area contributed by atoms with Crippen LogP contribution in [0.15, 0.2) is 12.4 Å². The lowest BCUT2D eigenvalue weighted by Gasteiger charge is -2.09. The third-order valence-electron chi connectivity index (χ3n) is 1.55. The summed E-state index contributed by atoms with van der Waals surface area (Å²) in [5.74, 6) is 0.278. The lowest BCUT2D eigenvalue weighted by molar-refractivity contribution is -0.141. The Kier molecular flexibility index (Phi) is 3.46. The van der Waals surface area contributed by atoms with E-state index in [1.165, 1.54) is 0 Å². The smallest absolute Gasteiger partial charge is 0.367 e. The van der Waals surface area contributed by atoms with Crippen LogP contribution in [0, 0.1) is 0 Å². The van der Waals surface area contributed by atoms with Gasteiger partial charge in [-0.2, -0.15) is 13.2 Å². The number of hydrogen-bond acceptors (Lipinski definition) is 4. The predicted molar refractivity (Wildman–Crippen MR) is 49.2 cm³/mol. The summed E-state index contributed by atoms with van der Waals surface area (Å²) in [7, 11) is 0. The molecule has 4 nitrogen and oxygen atoms in total. The Morgan fingerprint density at radius 3 is 2.47 bits per heavy atom. The molecule has 0 amide bonds. The van der Waals surface area contributed by atoms with Gasteiger partial charge < -0.3 is 11.1 Å². The van der Waals surface area contributed by atoms with Gasteiger partial charge in [-0.05, 0) is 6.92 Å². The predicted octanol–water partition coefficient (Wildman–Crippen LogP) is 1.25. The normalized spacial score (nSPS) is 13.7. The van der Waals surface area contributed by atoms with Crippen LogP contribution >= 0.6 is 0 Å². The molecule has 7 heteroatoms. The Hall–Kier alpha value is -1.37. The molecule has 0 aliphatic heterocycles. The van der Waals surface area contributed by atoms with Crippen LogP contribution in [0.4, 0.5) is 19.0 Å². The van der Waals surface area contributed by atoms with E-state index in [4.69, 9.17) is 5.73 Å². The summed E-state index contributed by atoms with van der Waals surface area (Å²) in [5.41, 5.74) is 4.44. The van der Waals surface area contributed by atoms with Crippen molar-refractivity contribution in [3.8, 4) is 0 Å². The summed E-state index contributed by atoms with van der Waals surface area (Å²) in [6.45, 7) is 2.20. The van der Waals surface area contributed by atoms with Crippen LogP contribution < -0.4 is 11.1 Å². The first-order chi connectivity index (χ1) is 6.89. The first kappa shape index (κ1) is 11.7. The Labute approximate surface area is 84.7 Å². The van der Waals surface area contributed by atoms with Crippen LogP contribution in [-0.4, -0.2) is 22.6 Å². The standard InChI is InChI=1S/C8H11F3N4/c1-5(12)2-14-7-4-13-6(3-15-7)8(9,10)11/h3-5H,2,12H2,1H3,(H,14,15). The van der Waals surface area contributed by atoms with Crippen LogP contribution in [0.25, 0.3) is 0 Å². The Morgan fingerprint density at radius 2 is 2.07 bits per heavy atom. The van der Waals surface area contributed by atoms with Crippen molar-refractivity contribution >= 4 is 5.82 Å². The highest BCUT2D eigenvalue weighted by Gasteiger charge is 2.32. The van der Waals surface area contributed by atoms with E-state index in [0.29, 0.717) is 12.7 Å². The number of halogens is 3. The van der Waals surface area contributed by atoms with Crippen LogP contribution in [0.2, 0.25) is 0 Å². The number of hydrogen-bond donors (Lipinski definition) is 2. The second-order valence-corrected chi connectivity index (χ2v) is 3.14. The van der Waals surface area contributed by atoms with Crippen molar-refractivity contribution < 1.29 is 13.2 Å². The van der Waals surface area contributed by atoms with E-state index in [9.17, 15) is 13.2 Å². The average molecular weight is 220 g/mol. The van der Waals surface area contributed by atoms with E-state index in [1.807, 2.05) is 0 Å². The molecule has 15 heavy (non-hydrogen) atoms.